The Kier molecular flexibility index (Phi) is 5.95. The molecule has 2 heterocycles. The fourth-order valence-corrected chi connectivity index (χ4v) is 3.82. The number of benzene rings is 2. The molecule has 3 aromatic rings. The van der Waals surface area contributed by atoms with E-state index in [0.29, 0.717) is 10.7 Å². The minimum absolute atomic E-state index is 0.180. The molecule has 1 aliphatic heterocycles. The van der Waals surface area contributed by atoms with Gasteiger partial charge in [-0.3, -0.25) is 14.6 Å². The number of aliphatic hydroxyl groups excluding tert-OH is 1. The molecule has 0 bridgehead atoms. The van der Waals surface area contributed by atoms with Crippen molar-refractivity contribution in [3.8, 4) is 0 Å². The Labute approximate surface area is 191 Å². The van der Waals surface area contributed by atoms with Gasteiger partial charge in [-0.1, -0.05) is 29.8 Å². The first-order chi connectivity index (χ1) is 15.7. The van der Waals surface area contributed by atoms with Crippen molar-refractivity contribution in [1.29, 1.82) is 0 Å². The second kappa shape index (κ2) is 8.71. The molecular formula is C24H16ClF3N2O3. The highest BCUT2D eigenvalue weighted by atomic mass is 35.5. The van der Waals surface area contributed by atoms with E-state index < -0.39 is 35.2 Å². The molecule has 1 amide bonds. The summed E-state index contributed by atoms with van der Waals surface area (Å²) < 4.78 is 39.5. The van der Waals surface area contributed by atoms with Crippen molar-refractivity contribution < 1.29 is 27.9 Å². The maximum absolute atomic E-state index is 13.2. The molecule has 1 atom stereocenters. The second-order valence-electron chi connectivity index (χ2n) is 7.39. The van der Waals surface area contributed by atoms with Crippen molar-refractivity contribution in [2.45, 2.75) is 18.8 Å². The topological polar surface area (TPSA) is 70.5 Å². The average molecular weight is 473 g/mol. The molecule has 168 valence electrons. The predicted molar refractivity (Wildman–Crippen MR) is 115 cm³/mol. The molecule has 9 heteroatoms. The number of amides is 1. The fraction of sp³-hybridized carbons (Fsp3) is 0.125. The van der Waals surface area contributed by atoms with Crippen molar-refractivity contribution in [3.05, 3.63) is 106 Å². The Hall–Kier alpha value is -3.65. The highest BCUT2D eigenvalue weighted by Gasteiger charge is 2.46. The van der Waals surface area contributed by atoms with Crippen LogP contribution >= 0.6 is 11.6 Å². The molecule has 0 saturated carbocycles. The Balaban J connectivity index is 1.82. The van der Waals surface area contributed by atoms with E-state index in [-0.39, 0.29) is 23.2 Å². The number of rotatable bonds is 4. The summed E-state index contributed by atoms with van der Waals surface area (Å²) in [7, 11) is 0. The largest absolute Gasteiger partial charge is 0.507 e. The standard InChI is InChI=1S/C24H16ClF3N2O3/c25-17-9-7-15(8-10-17)21(31)19-20(18-6-1-2-11-29-18)30(23(33)22(19)32)13-14-4-3-5-16(12-14)24(26,27)28/h1-12,20,31H,13H2/b21-19+. The van der Waals surface area contributed by atoms with Crippen molar-refractivity contribution in [2.75, 3.05) is 0 Å². The SMILES string of the molecule is O=C1C(=O)N(Cc2cccc(C(F)(F)F)c2)C(c2ccccn2)/C1=C(\O)c1ccc(Cl)cc1. The third-order valence-electron chi connectivity index (χ3n) is 5.23. The third-order valence-corrected chi connectivity index (χ3v) is 5.48. The summed E-state index contributed by atoms with van der Waals surface area (Å²) in [4.78, 5) is 31.2. The van der Waals surface area contributed by atoms with Gasteiger partial charge in [0.25, 0.3) is 11.7 Å². The molecule has 0 radical (unpaired) electrons. The van der Waals surface area contributed by atoms with Crippen LogP contribution in [-0.4, -0.2) is 26.7 Å². The van der Waals surface area contributed by atoms with Crippen molar-refractivity contribution in [2.24, 2.45) is 0 Å². The minimum atomic E-state index is -4.56. The number of carbonyl (C=O) groups is 2. The molecule has 1 N–H and O–H groups in total. The number of halogens is 4. The zero-order valence-electron chi connectivity index (χ0n) is 16.9. The molecule has 4 rings (SSSR count). The summed E-state index contributed by atoms with van der Waals surface area (Å²) in [5.74, 6) is -2.32. The molecule has 1 fully saturated rings. The van der Waals surface area contributed by atoms with Crippen LogP contribution in [0.5, 0.6) is 0 Å². The summed E-state index contributed by atoms with van der Waals surface area (Å²) in [5, 5.41) is 11.3. The van der Waals surface area contributed by atoms with E-state index in [9.17, 15) is 27.9 Å². The van der Waals surface area contributed by atoms with Gasteiger partial charge in [0.2, 0.25) is 0 Å². The fourth-order valence-electron chi connectivity index (χ4n) is 3.69. The first-order valence-electron chi connectivity index (χ1n) is 9.78. The molecule has 1 saturated heterocycles. The number of pyridine rings is 1. The lowest BCUT2D eigenvalue weighted by atomic mass is 9.98. The lowest BCUT2D eigenvalue weighted by Crippen LogP contribution is -2.29. The minimum Gasteiger partial charge on any atom is -0.507 e. The van der Waals surface area contributed by atoms with Gasteiger partial charge in [0.15, 0.2) is 0 Å². The highest BCUT2D eigenvalue weighted by Crippen LogP contribution is 2.40. The first-order valence-corrected chi connectivity index (χ1v) is 10.2. The number of aliphatic hydroxyl groups is 1. The van der Waals surface area contributed by atoms with Gasteiger partial charge in [-0.25, -0.2) is 0 Å². The van der Waals surface area contributed by atoms with Crippen LogP contribution in [0.1, 0.15) is 28.4 Å². The maximum Gasteiger partial charge on any atom is 0.416 e. The molecular weight excluding hydrogens is 457 g/mol. The smallest absolute Gasteiger partial charge is 0.416 e. The van der Waals surface area contributed by atoms with Crippen LogP contribution in [0.2, 0.25) is 5.02 Å². The van der Waals surface area contributed by atoms with E-state index in [4.69, 9.17) is 11.6 Å². The number of carbonyl (C=O) groups excluding carboxylic acids is 2. The van der Waals surface area contributed by atoms with Gasteiger partial charge in [-0.2, -0.15) is 13.2 Å². The van der Waals surface area contributed by atoms with Gasteiger partial charge in [0.05, 0.1) is 16.8 Å². The van der Waals surface area contributed by atoms with E-state index in [1.165, 1.54) is 42.6 Å². The molecule has 1 unspecified atom stereocenters. The van der Waals surface area contributed by atoms with Crippen LogP contribution in [0.3, 0.4) is 0 Å². The lowest BCUT2D eigenvalue weighted by Gasteiger charge is -2.25. The van der Waals surface area contributed by atoms with Gasteiger partial charge >= 0.3 is 6.18 Å². The molecule has 1 aliphatic rings. The second-order valence-corrected chi connectivity index (χ2v) is 7.82. The number of alkyl halides is 3. The number of hydrogen-bond donors (Lipinski definition) is 1. The Morgan fingerprint density at radius 3 is 2.39 bits per heavy atom. The number of nitrogens with zero attached hydrogens (tertiary/aromatic N) is 2. The summed E-state index contributed by atoms with van der Waals surface area (Å²) >= 11 is 5.89. The maximum atomic E-state index is 13.2. The van der Waals surface area contributed by atoms with E-state index in [0.717, 1.165) is 17.0 Å². The van der Waals surface area contributed by atoms with Gasteiger partial charge in [-0.15, -0.1) is 0 Å². The van der Waals surface area contributed by atoms with Crippen LogP contribution in [0.4, 0.5) is 13.2 Å². The molecule has 2 aromatic carbocycles. The van der Waals surface area contributed by atoms with Crippen LogP contribution in [-0.2, 0) is 22.3 Å². The number of ketones is 1. The molecule has 0 aliphatic carbocycles. The molecule has 5 nitrogen and oxygen atoms in total. The summed E-state index contributed by atoms with van der Waals surface area (Å²) in [6, 6.07) is 14.3. The average Bonchev–Trinajstić information content (AvgIpc) is 3.04. The number of likely N-dealkylation sites (tertiary alicyclic amines) is 1. The van der Waals surface area contributed by atoms with Crippen LogP contribution in [0, 0.1) is 0 Å². The molecule has 1 aromatic heterocycles. The van der Waals surface area contributed by atoms with Crippen molar-refractivity contribution in [3.63, 3.8) is 0 Å². The van der Waals surface area contributed by atoms with E-state index in [1.54, 1.807) is 18.2 Å². The number of aromatic nitrogens is 1. The summed E-state index contributed by atoms with van der Waals surface area (Å²) in [6.45, 7) is -0.285. The first kappa shape index (κ1) is 22.5. The van der Waals surface area contributed by atoms with Crippen LogP contribution < -0.4 is 0 Å². The predicted octanol–water partition coefficient (Wildman–Crippen LogP) is 5.38. The van der Waals surface area contributed by atoms with Gasteiger partial charge in [-0.05, 0) is 54.1 Å². The normalized spacial score (nSPS) is 18.1. The molecule has 33 heavy (non-hydrogen) atoms. The van der Waals surface area contributed by atoms with Crippen LogP contribution in [0.15, 0.2) is 78.5 Å². The van der Waals surface area contributed by atoms with Crippen molar-refractivity contribution >= 4 is 29.1 Å². The van der Waals surface area contributed by atoms with Gasteiger partial charge in [0, 0.05) is 23.3 Å². The van der Waals surface area contributed by atoms with Crippen molar-refractivity contribution in [1.82, 2.24) is 9.88 Å². The Bertz CT molecular complexity index is 1240. The zero-order chi connectivity index (χ0) is 23.8. The highest BCUT2D eigenvalue weighted by molar-refractivity contribution is 6.46. The van der Waals surface area contributed by atoms with E-state index in [2.05, 4.69) is 4.98 Å². The monoisotopic (exact) mass is 472 g/mol. The molecule has 0 spiro atoms. The third kappa shape index (κ3) is 4.47. The zero-order valence-corrected chi connectivity index (χ0v) is 17.6. The van der Waals surface area contributed by atoms with E-state index in [1.807, 2.05) is 0 Å². The number of Topliss-reactive ketones (excluding diaryl/α,β-unsaturated/α-hetero) is 1. The lowest BCUT2D eigenvalue weighted by molar-refractivity contribution is -0.140. The van der Waals surface area contributed by atoms with Gasteiger partial charge < -0.3 is 10.0 Å². The Morgan fingerprint density at radius 1 is 1.03 bits per heavy atom. The summed E-state index contributed by atoms with van der Waals surface area (Å²) in [5.41, 5.74) is -0.337. The quantitative estimate of drug-likeness (QED) is 0.314. The summed E-state index contributed by atoms with van der Waals surface area (Å²) in [6.07, 6.45) is -3.10. The Morgan fingerprint density at radius 2 is 1.76 bits per heavy atom. The van der Waals surface area contributed by atoms with E-state index >= 15 is 0 Å². The van der Waals surface area contributed by atoms with Gasteiger partial charge in [0.1, 0.15) is 11.8 Å². The number of hydrogen-bond acceptors (Lipinski definition) is 4. The van der Waals surface area contributed by atoms with Crippen LogP contribution in [0.25, 0.3) is 5.76 Å².